The van der Waals surface area contributed by atoms with Gasteiger partial charge in [-0.15, -0.1) is 12.4 Å². The molecule has 0 aliphatic carbocycles. The van der Waals surface area contributed by atoms with Crippen molar-refractivity contribution in [2.75, 3.05) is 19.6 Å². The number of nitrogens with zero attached hydrogens (tertiary/aromatic N) is 1. The molecule has 8 heteroatoms. The number of sulfonamides is 1. The minimum absolute atomic E-state index is 0. The summed E-state index contributed by atoms with van der Waals surface area (Å²) in [6, 6.07) is 7.36. The van der Waals surface area contributed by atoms with Crippen molar-refractivity contribution in [2.45, 2.75) is 18.2 Å². The summed E-state index contributed by atoms with van der Waals surface area (Å²) in [5.74, 6) is 0. The van der Waals surface area contributed by atoms with Crippen LogP contribution in [0.25, 0.3) is 11.0 Å². The van der Waals surface area contributed by atoms with Crippen LogP contribution in [0.4, 0.5) is 0 Å². The summed E-state index contributed by atoms with van der Waals surface area (Å²) < 4.78 is 32.0. The zero-order valence-corrected chi connectivity index (χ0v) is 14.3. The van der Waals surface area contributed by atoms with Crippen molar-refractivity contribution in [3.8, 4) is 0 Å². The average Bonchev–Trinajstić information content (AvgIpc) is 2.90. The van der Waals surface area contributed by atoms with Crippen LogP contribution < -0.4 is 11.4 Å². The van der Waals surface area contributed by atoms with Gasteiger partial charge in [-0.1, -0.05) is 6.92 Å². The predicted octanol–water partition coefficient (Wildman–Crippen LogP) is 1.57. The molecule has 1 aromatic heterocycles. The Hall–Kier alpha value is -1.41. The van der Waals surface area contributed by atoms with E-state index in [0.717, 1.165) is 6.42 Å². The molecule has 2 heterocycles. The van der Waals surface area contributed by atoms with Crippen LogP contribution in [0.2, 0.25) is 0 Å². The van der Waals surface area contributed by atoms with E-state index in [-0.39, 0.29) is 22.7 Å². The summed E-state index contributed by atoms with van der Waals surface area (Å²) in [5, 5.41) is 0.585. The molecule has 1 saturated heterocycles. The highest BCUT2D eigenvalue weighted by Crippen LogP contribution is 2.33. The van der Waals surface area contributed by atoms with E-state index in [1.807, 2.05) is 6.92 Å². The molecule has 0 radical (unpaired) electrons. The molecule has 1 unspecified atom stereocenters. The van der Waals surface area contributed by atoms with Crippen molar-refractivity contribution in [1.29, 1.82) is 0 Å². The fraction of sp³-hybridized carbons (Fsp3) is 0.400. The van der Waals surface area contributed by atoms with Crippen molar-refractivity contribution < 1.29 is 12.8 Å². The topological polar surface area (TPSA) is 93.6 Å². The second-order valence-corrected chi connectivity index (χ2v) is 8.00. The number of halogens is 1. The van der Waals surface area contributed by atoms with Crippen LogP contribution in [0.5, 0.6) is 0 Å². The van der Waals surface area contributed by atoms with Crippen LogP contribution in [-0.4, -0.2) is 32.4 Å². The predicted molar refractivity (Wildman–Crippen MR) is 90.3 cm³/mol. The van der Waals surface area contributed by atoms with Gasteiger partial charge in [-0.2, -0.15) is 4.31 Å². The molecular formula is C15H19ClN2O4S. The van der Waals surface area contributed by atoms with E-state index in [9.17, 15) is 13.2 Å². The van der Waals surface area contributed by atoms with Crippen LogP contribution >= 0.6 is 12.4 Å². The first kappa shape index (κ1) is 17.9. The Labute approximate surface area is 140 Å². The zero-order chi connectivity index (χ0) is 16.0. The quantitative estimate of drug-likeness (QED) is 0.840. The molecule has 2 aromatic rings. The molecule has 1 aliphatic rings. The normalized spacial score (nSPS) is 22.2. The Morgan fingerprint density at radius 1 is 1.30 bits per heavy atom. The summed E-state index contributed by atoms with van der Waals surface area (Å²) in [6.07, 6.45) is 0.755. The Morgan fingerprint density at radius 3 is 2.70 bits per heavy atom. The molecular weight excluding hydrogens is 340 g/mol. The average molecular weight is 359 g/mol. The van der Waals surface area contributed by atoms with Crippen LogP contribution in [0.1, 0.15) is 13.3 Å². The molecule has 0 spiro atoms. The van der Waals surface area contributed by atoms with E-state index in [1.54, 1.807) is 6.07 Å². The number of fused-ring (bicyclic) bond motifs is 1. The van der Waals surface area contributed by atoms with Gasteiger partial charge in [0.2, 0.25) is 10.0 Å². The summed E-state index contributed by atoms with van der Waals surface area (Å²) in [7, 11) is -3.56. The molecule has 0 amide bonds. The minimum atomic E-state index is -3.56. The number of rotatable bonds is 3. The lowest BCUT2D eigenvalue weighted by molar-refractivity contribution is 0.349. The zero-order valence-electron chi connectivity index (χ0n) is 12.7. The number of hydrogen-bond donors (Lipinski definition) is 1. The van der Waals surface area contributed by atoms with E-state index < -0.39 is 15.6 Å². The van der Waals surface area contributed by atoms with Crippen LogP contribution in [0.15, 0.2) is 44.4 Å². The molecule has 1 aromatic carbocycles. The number of benzene rings is 1. The third-order valence-electron chi connectivity index (χ3n) is 4.24. The Kier molecular flexibility index (Phi) is 4.86. The molecule has 0 bridgehead atoms. The van der Waals surface area contributed by atoms with Gasteiger partial charge in [-0.3, -0.25) is 0 Å². The second kappa shape index (κ2) is 6.24. The van der Waals surface area contributed by atoms with Gasteiger partial charge < -0.3 is 10.2 Å². The SMILES string of the molecule is CC1(CN)CCN(S(=O)(=O)c2ccc3oc(=O)ccc3c2)C1.Cl. The minimum Gasteiger partial charge on any atom is -0.423 e. The van der Waals surface area contributed by atoms with E-state index in [1.165, 1.54) is 28.6 Å². The van der Waals surface area contributed by atoms with Crippen molar-refractivity contribution in [1.82, 2.24) is 4.31 Å². The van der Waals surface area contributed by atoms with Crippen molar-refractivity contribution in [3.05, 3.63) is 40.8 Å². The third-order valence-corrected chi connectivity index (χ3v) is 6.09. The third kappa shape index (κ3) is 3.28. The first-order valence-electron chi connectivity index (χ1n) is 7.08. The van der Waals surface area contributed by atoms with Gasteiger partial charge in [0.15, 0.2) is 0 Å². The molecule has 1 atom stereocenters. The molecule has 1 aliphatic heterocycles. The first-order chi connectivity index (χ1) is 10.3. The number of hydrogen-bond acceptors (Lipinski definition) is 5. The van der Waals surface area contributed by atoms with E-state index in [2.05, 4.69) is 0 Å². The molecule has 0 saturated carbocycles. The van der Waals surface area contributed by atoms with Gasteiger partial charge in [-0.05, 0) is 42.6 Å². The lowest BCUT2D eigenvalue weighted by atomic mass is 9.90. The Morgan fingerprint density at radius 2 is 2.04 bits per heavy atom. The van der Waals surface area contributed by atoms with Gasteiger partial charge in [0.1, 0.15) is 5.58 Å². The maximum Gasteiger partial charge on any atom is 0.336 e. The largest absolute Gasteiger partial charge is 0.423 e. The van der Waals surface area contributed by atoms with Crippen LogP contribution in [0, 0.1) is 5.41 Å². The molecule has 3 rings (SSSR count). The van der Waals surface area contributed by atoms with Crippen molar-refractivity contribution >= 4 is 33.4 Å². The standard InChI is InChI=1S/C15H18N2O4S.ClH/c1-15(9-16)6-7-17(10-15)22(19,20)12-3-4-13-11(8-12)2-5-14(18)21-13;/h2-5,8H,6-7,9-10,16H2,1H3;1H. The van der Waals surface area contributed by atoms with Gasteiger partial charge in [0.05, 0.1) is 4.90 Å². The fourth-order valence-corrected chi connectivity index (χ4v) is 4.34. The maximum atomic E-state index is 12.7. The summed E-state index contributed by atoms with van der Waals surface area (Å²) in [6.45, 7) is 3.35. The van der Waals surface area contributed by atoms with Gasteiger partial charge in [-0.25, -0.2) is 13.2 Å². The summed E-state index contributed by atoms with van der Waals surface area (Å²) in [4.78, 5) is 11.4. The van der Waals surface area contributed by atoms with E-state index in [4.69, 9.17) is 10.2 Å². The van der Waals surface area contributed by atoms with E-state index >= 15 is 0 Å². The highest BCUT2D eigenvalue weighted by molar-refractivity contribution is 7.89. The molecule has 1 fully saturated rings. The van der Waals surface area contributed by atoms with Crippen molar-refractivity contribution in [2.24, 2.45) is 11.1 Å². The highest BCUT2D eigenvalue weighted by Gasteiger charge is 2.39. The summed E-state index contributed by atoms with van der Waals surface area (Å²) in [5.41, 5.74) is 5.49. The lowest BCUT2D eigenvalue weighted by Crippen LogP contribution is -2.34. The fourth-order valence-electron chi connectivity index (χ4n) is 2.71. The second-order valence-electron chi connectivity index (χ2n) is 6.06. The molecule has 23 heavy (non-hydrogen) atoms. The van der Waals surface area contributed by atoms with Crippen molar-refractivity contribution in [3.63, 3.8) is 0 Å². The number of nitrogens with two attached hydrogens (primary N) is 1. The van der Waals surface area contributed by atoms with Gasteiger partial charge in [0, 0.05) is 24.5 Å². The smallest absolute Gasteiger partial charge is 0.336 e. The monoisotopic (exact) mass is 358 g/mol. The van der Waals surface area contributed by atoms with Gasteiger partial charge >= 0.3 is 5.63 Å². The van der Waals surface area contributed by atoms with Crippen LogP contribution in [-0.2, 0) is 10.0 Å². The van der Waals surface area contributed by atoms with Crippen LogP contribution in [0.3, 0.4) is 0 Å². The Bertz CT molecular complexity index is 880. The lowest BCUT2D eigenvalue weighted by Gasteiger charge is -2.22. The highest BCUT2D eigenvalue weighted by atomic mass is 35.5. The van der Waals surface area contributed by atoms with Gasteiger partial charge in [0.25, 0.3) is 0 Å². The maximum absolute atomic E-state index is 12.7. The molecule has 2 N–H and O–H groups in total. The first-order valence-corrected chi connectivity index (χ1v) is 8.52. The Balaban J connectivity index is 0.00000192. The molecule has 6 nitrogen and oxygen atoms in total. The summed E-state index contributed by atoms with van der Waals surface area (Å²) >= 11 is 0. The molecule has 126 valence electrons. The van der Waals surface area contributed by atoms with E-state index in [0.29, 0.717) is 30.6 Å².